The first-order chi connectivity index (χ1) is 12.1. The van der Waals surface area contributed by atoms with Crippen LogP contribution in [0.3, 0.4) is 0 Å². The van der Waals surface area contributed by atoms with Gasteiger partial charge in [0.25, 0.3) is 5.89 Å². The average Bonchev–Trinajstić information content (AvgIpc) is 3.08. The number of aryl methyl sites for hydroxylation is 2. The first kappa shape index (κ1) is 17.5. The van der Waals surface area contributed by atoms with E-state index < -0.39 is 5.54 Å². The number of aromatic nitrogens is 2. The minimum Gasteiger partial charge on any atom is -0.496 e. The molecule has 1 N–H and O–H groups in total. The van der Waals surface area contributed by atoms with E-state index >= 15 is 0 Å². The predicted octanol–water partition coefficient (Wildman–Crippen LogP) is 3.30. The molecule has 2 aromatic rings. The second-order valence-electron chi connectivity index (χ2n) is 6.65. The molecular formula is C19H25N3O3. The minimum absolute atomic E-state index is 0.00339. The Hall–Kier alpha value is -2.37. The Labute approximate surface area is 148 Å². The highest BCUT2D eigenvalue weighted by Gasteiger charge is 2.40. The van der Waals surface area contributed by atoms with Crippen LogP contribution in [-0.2, 0) is 16.8 Å². The Kier molecular flexibility index (Phi) is 5.36. The van der Waals surface area contributed by atoms with Crippen LogP contribution in [0, 0.1) is 6.92 Å². The topological polar surface area (TPSA) is 77.2 Å². The van der Waals surface area contributed by atoms with Crippen molar-refractivity contribution in [3.8, 4) is 5.75 Å². The summed E-state index contributed by atoms with van der Waals surface area (Å²) in [6, 6.07) is 7.79. The summed E-state index contributed by atoms with van der Waals surface area (Å²) in [6.45, 7) is 1.80. The lowest BCUT2D eigenvalue weighted by Gasteiger charge is -2.34. The molecule has 1 saturated carbocycles. The second kappa shape index (κ2) is 7.68. The van der Waals surface area contributed by atoms with Gasteiger partial charge >= 0.3 is 0 Å². The number of hydrogen-bond donors (Lipinski definition) is 1. The Balaban J connectivity index is 1.68. The smallest absolute Gasteiger partial charge is 0.252 e. The zero-order valence-electron chi connectivity index (χ0n) is 14.9. The van der Waals surface area contributed by atoms with E-state index in [1.54, 1.807) is 14.0 Å². The van der Waals surface area contributed by atoms with Gasteiger partial charge in [-0.15, -0.1) is 0 Å². The molecule has 1 aromatic carbocycles. The largest absolute Gasteiger partial charge is 0.496 e. The minimum atomic E-state index is -0.517. The summed E-state index contributed by atoms with van der Waals surface area (Å²) in [4.78, 5) is 17.0. The quantitative estimate of drug-likeness (QED) is 0.871. The number of benzene rings is 1. The van der Waals surface area contributed by atoms with Gasteiger partial charge in [0.1, 0.15) is 11.3 Å². The number of carbonyl (C=O) groups excluding carboxylic acids is 1. The zero-order valence-corrected chi connectivity index (χ0v) is 14.9. The van der Waals surface area contributed by atoms with Crippen molar-refractivity contribution in [2.45, 2.75) is 57.4 Å². The Morgan fingerprint density at radius 3 is 2.72 bits per heavy atom. The van der Waals surface area contributed by atoms with Crippen LogP contribution in [0.5, 0.6) is 5.75 Å². The van der Waals surface area contributed by atoms with Gasteiger partial charge in [0, 0.05) is 6.42 Å². The lowest BCUT2D eigenvalue weighted by molar-refractivity contribution is -0.124. The van der Waals surface area contributed by atoms with Gasteiger partial charge < -0.3 is 14.6 Å². The standard InChI is InChI=1S/C19H25N3O3/c1-14-20-18(25-22-14)19(12-6-3-7-13-19)21-17(23)11-10-15-8-4-5-9-16(15)24-2/h4-5,8-9H,3,6-7,10-13H2,1-2H3,(H,21,23). The molecule has 1 fully saturated rings. The van der Waals surface area contributed by atoms with Crippen LogP contribution < -0.4 is 10.1 Å². The highest BCUT2D eigenvalue weighted by Crippen LogP contribution is 2.36. The molecule has 3 rings (SSSR count). The van der Waals surface area contributed by atoms with Gasteiger partial charge in [0.15, 0.2) is 5.82 Å². The van der Waals surface area contributed by atoms with Crippen molar-refractivity contribution in [1.82, 2.24) is 15.5 Å². The van der Waals surface area contributed by atoms with Crippen molar-refractivity contribution >= 4 is 5.91 Å². The number of ether oxygens (including phenoxy) is 1. The summed E-state index contributed by atoms with van der Waals surface area (Å²) in [6.07, 6.45) is 5.99. The van der Waals surface area contributed by atoms with E-state index in [1.807, 2.05) is 24.3 Å². The molecule has 0 atom stereocenters. The summed E-state index contributed by atoms with van der Waals surface area (Å²) in [5.74, 6) is 1.96. The third-order valence-corrected chi connectivity index (χ3v) is 4.84. The molecule has 6 heteroatoms. The molecule has 6 nitrogen and oxygen atoms in total. The monoisotopic (exact) mass is 343 g/mol. The second-order valence-corrected chi connectivity index (χ2v) is 6.65. The molecule has 0 saturated heterocycles. The Bertz CT molecular complexity index is 720. The van der Waals surface area contributed by atoms with Crippen molar-refractivity contribution in [1.29, 1.82) is 0 Å². The lowest BCUT2D eigenvalue weighted by atomic mass is 9.81. The number of methoxy groups -OCH3 is 1. The number of hydrogen-bond acceptors (Lipinski definition) is 5. The first-order valence-corrected chi connectivity index (χ1v) is 8.87. The van der Waals surface area contributed by atoms with Gasteiger partial charge in [-0.1, -0.05) is 42.6 Å². The van der Waals surface area contributed by atoms with Crippen molar-refractivity contribution in [3.63, 3.8) is 0 Å². The molecule has 134 valence electrons. The average molecular weight is 343 g/mol. The normalized spacial score (nSPS) is 16.4. The van der Waals surface area contributed by atoms with Gasteiger partial charge in [-0.3, -0.25) is 4.79 Å². The number of nitrogens with zero attached hydrogens (tertiary/aromatic N) is 2. The van der Waals surface area contributed by atoms with Crippen LogP contribution in [0.1, 0.15) is 55.8 Å². The van der Waals surface area contributed by atoms with E-state index in [-0.39, 0.29) is 5.91 Å². The molecule has 0 radical (unpaired) electrons. The van der Waals surface area contributed by atoms with Crippen LogP contribution in [0.25, 0.3) is 0 Å². The molecule has 1 heterocycles. The molecule has 0 bridgehead atoms. The number of rotatable bonds is 6. The molecule has 1 aliphatic carbocycles. The van der Waals surface area contributed by atoms with Gasteiger partial charge in [-0.25, -0.2) is 0 Å². The van der Waals surface area contributed by atoms with Crippen LogP contribution in [0.15, 0.2) is 28.8 Å². The SMILES string of the molecule is COc1ccccc1CCC(=O)NC1(c2nc(C)no2)CCCCC1. The zero-order chi connectivity index (χ0) is 17.7. The first-order valence-electron chi connectivity index (χ1n) is 8.87. The molecule has 1 aromatic heterocycles. The maximum Gasteiger partial charge on any atom is 0.252 e. The maximum absolute atomic E-state index is 12.6. The molecule has 0 unspecified atom stereocenters. The van der Waals surface area contributed by atoms with Crippen LogP contribution in [-0.4, -0.2) is 23.2 Å². The van der Waals surface area contributed by atoms with Crippen molar-refractivity contribution in [2.24, 2.45) is 0 Å². The van der Waals surface area contributed by atoms with Gasteiger partial charge in [0.2, 0.25) is 5.91 Å². The maximum atomic E-state index is 12.6. The molecule has 1 aliphatic rings. The highest BCUT2D eigenvalue weighted by atomic mass is 16.5. The van der Waals surface area contributed by atoms with E-state index in [2.05, 4.69) is 15.5 Å². The number of carbonyl (C=O) groups is 1. The van der Waals surface area contributed by atoms with E-state index in [9.17, 15) is 4.79 Å². The summed E-state index contributed by atoms with van der Waals surface area (Å²) >= 11 is 0. The molecule has 1 amide bonds. The van der Waals surface area contributed by atoms with Gasteiger partial charge in [0.05, 0.1) is 7.11 Å². The Morgan fingerprint density at radius 1 is 1.28 bits per heavy atom. The molecule has 0 spiro atoms. The molecule has 25 heavy (non-hydrogen) atoms. The number of amides is 1. The summed E-state index contributed by atoms with van der Waals surface area (Å²) in [5, 5.41) is 7.10. The fourth-order valence-corrected chi connectivity index (χ4v) is 3.53. The number of para-hydroxylation sites is 1. The van der Waals surface area contributed by atoms with E-state index in [0.717, 1.165) is 37.0 Å². The van der Waals surface area contributed by atoms with Crippen LogP contribution in [0.2, 0.25) is 0 Å². The number of nitrogens with one attached hydrogen (secondary N) is 1. The summed E-state index contributed by atoms with van der Waals surface area (Å²) in [5.41, 5.74) is 0.517. The third kappa shape index (κ3) is 4.00. The van der Waals surface area contributed by atoms with E-state index in [1.165, 1.54) is 6.42 Å². The summed E-state index contributed by atoms with van der Waals surface area (Å²) in [7, 11) is 1.65. The van der Waals surface area contributed by atoms with Crippen LogP contribution >= 0.6 is 0 Å². The van der Waals surface area contributed by atoms with Gasteiger partial charge in [-0.05, 0) is 37.8 Å². The van der Waals surface area contributed by atoms with Gasteiger partial charge in [-0.2, -0.15) is 4.98 Å². The van der Waals surface area contributed by atoms with Crippen molar-refractivity contribution in [2.75, 3.05) is 7.11 Å². The highest BCUT2D eigenvalue weighted by molar-refractivity contribution is 5.77. The van der Waals surface area contributed by atoms with Crippen molar-refractivity contribution < 1.29 is 14.1 Å². The van der Waals surface area contributed by atoms with E-state index in [0.29, 0.717) is 24.6 Å². The lowest BCUT2D eigenvalue weighted by Crippen LogP contribution is -2.47. The third-order valence-electron chi connectivity index (χ3n) is 4.84. The van der Waals surface area contributed by atoms with E-state index in [4.69, 9.17) is 9.26 Å². The summed E-state index contributed by atoms with van der Waals surface area (Å²) < 4.78 is 10.8. The molecular weight excluding hydrogens is 318 g/mol. The fraction of sp³-hybridized carbons (Fsp3) is 0.526. The van der Waals surface area contributed by atoms with Crippen molar-refractivity contribution in [3.05, 3.63) is 41.5 Å². The Morgan fingerprint density at radius 2 is 2.04 bits per heavy atom. The van der Waals surface area contributed by atoms with Crippen LogP contribution in [0.4, 0.5) is 0 Å². The predicted molar refractivity (Wildman–Crippen MR) is 93.3 cm³/mol. The molecule has 0 aliphatic heterocycles. The fourth-order valence-electron chi connectivity index (χ4n) is 3.53.